The van der Waals surface area contributed by atoms with Gasteiger partial charge in [-0.15, -0.1) is 5.10 Å². The third-order valence-electron chi connectivity index (χ3n) is 5.03. The van der Waals surface area contributed by atoms with Crippen LogP contribution in [0.25, 0.3) is 0 Å². The molecule has 0 saturated carbocycles. The Morgan fingerprint density at radius 2 is 1.16 bits per heavy atom. The predicted molar refractivity (Wildman–Crippen MR) is 115 cm³/mol. The number of hydrazone groups is 1. The maximum absolute atomic E-state index is 5.02. The lowest BCUT2D eigenvalue weighted by Gasteiger charge is -2.38. The normalized spacial score (nSPS) is 12.9. The third-order valence-corrected chi connectivity index (χ3v) is 11.2. The standard InChI is InChI=1S/C22H32N2P/c1-17(2)25(18(3)4,19(5)6)22(20-13-9-7-10-14-20)24-23-21-15-11-8-12-16-21/h7-19,23H,1-6H3/q+1/b24-22+. The zero-order valence-corrected chi connectivity index (χ0v) is 17.3. The third kappa shape index (κ3) is 4.12. The van der Waals surface area contributed by atoms with Crippen molar-refractivity contribution in [2.75, 3.05) is 5.43 Å². The van der Waals surface area contributed by atoms with Crippen molar-refractivity contribution < 1.29 is 0 Å². The van der Waals surface area contributed by atoms with E-state index >= 15 is 0 Å². The van der Waals surface area contributed by atoms with Crippen LogP contribution in [0.5, 0.6) is 0 Å². The van der Waals surface area contributed by atoms with Crippen LogP contribution < -0.4 is 5.43 Å². The van der Waals surface area contributed by atoms with E-state index in [1.54, 1.807) is 0 Å². The van der Waals surface area contributed by atoms with Crippen molar-refractivity contribution in [1.82, 2.24) is 0 Å². The summed E-state index contributed by atoms with van der Waals surface area (Å²) >= 11 is 0. The average molecular weight is 355 g/mol. The fraction of sp³-hybridized carbons (Fsp3) is 0.409. The van der Waals surface area contributed by atoms with E-state index in [-0.39, 0.29) is 0 Å². The van der Waals surface area contributed by atoms with Crippen molar-refractivity contribution in [3.63, 3.8) is 0 Å². The molecule has 0 atom stereocenters. The van der Waals surface area contributed by atoms with Gasteiger partial charge in [0.25, 0.3) is 0 Å². The number of para-hydroxylation sites is 1. The summed E-state index contributed by atoms with van der Waals surface area (Å²) in [6.07, 6.45) is 0. The summed E-state index contributed by atoms with van der Waals surface area (Å²) in [5.41, 5.74) is 8.63. The highest BCUT2D eigenvalue weighted by molar-refractivity contribution is 7.93. The Hall–Kier alpha value is -1.66. The first-order valence-electron chi connectivity index (χ1n) is 9.23. The van der Waals surface area contributed by atoms with Crippen molar-refractivity contribution in [2.24, 2.45) is 5.10 Å². The second kappa shape index (κ2) is 8.63. The SMILES string of the molecule is CC(C)[P+](/C(=N/Nc1ccccc1)c1ccccc1)(C(C)C)C(C)C. The highest BCUT2D eigenvalue weighted by Crippen LogP contribution is 2.72. The van der Waals surface area contributed by atoms with Gasteiger partial charge >= 0.3 is 0 Å². The lowest BCUT2D eigenvalue weighted by atomic mass is 10.2. The first-order valence-corrected chi connectivity index (χ1v) is 11.2. The molecule has 1 N–H and O–H groups in total. The summed E-state index contributed by atoms with van der Waals surface area (Å²) in [5, 5.41) is 5.02. The molecule has 134 valence electrons. The fourth-order valence-corrected chi connectivity index (χ4v) is 9.98. The molecule has 2 aromatic carbocycles. The van der Waals surface area contributed by atoms with E-state index in [0.717, 1.165) is 5.69 Å². The molecule has 0 fully saturated rings. The van der Waals surface area contributed by atoms with Crippen LogP contribution >= 0.6 is 7.26 Å². The topological polar surface area (TPSA) is 24.4 Å². The van der Waals surface area contributed by atoms with Crippen molar-refractivity contribution in [3.8, 4) is 0 Å². The number of hydrogen-bond acceptors (Lipinski definition) is 2. The molecular formula is C22H32N2P+. The van der Waals surface area contributed by atoms with Crippen molar-refractivity contribution in [2.45, 2.75) is 58.5 Å². The Kier molecular flexibility index (Phi) is 6.79. The Labute approximate surface area is 154 Å². The van der Waals surface area contributed by atoms with E-state index in [9.17, 15) is 0 Å². The van der Waals surface area contributed by atoms with E-state index < -0.39 is 7.26 Å². The Morgan fingerprint density at radius 1 is 0.720 bits per heavy atom. The summed E-state index contributed by atoms with van der Waals surface area (Å²) in [6, 6.07) is 20.9. The molecule has 0 radical (unpaired) electrons. The van der Waals surface area contributed by atoms with Gasteiger partial charge in [-0.2, -0.15) is 0 Å². The minimum Gasteiger partial charge on any atom is -0.275 e. The predicted octanol–water partition coefficient (Wildman–Crippen LogP) is 6.70. The van der Waals surface area contributed by atoms with Gasteiger partial charge in [0.2, 0.25) is 5.45 Å². The molecule has 0 spiro atoms. The van der Waals surface area contributed by atoms with Gasteiger partial charge in [-0.25, -0.2) is 0 Å². The lowest BCUT2D eigenvalue weighted by Crippen LogP contribution is -2.31. The number of rotatable bonds is 7. The van der Waals surface area contributed by atoms with Crippen LogP contribution in [0.1, 0.15) is 47.1 Å². The van der Waals surface area contributed by atoms with Gasteiger partial charge in [-0.05, 0) is 65.8 Å². The molecule has 0 amide bonds. The van der Waals surface area contributed by atoms with Crippen molar-refractivity contribution in [1.29, 1.82) is 0 Å². The lowest BCUT2D eigenvalue weighted by molar-refractivity contribution is 0.931. The smallest absolute Gasteiger partial charge is 0.207 e. The number of nitrogens with zero attached hydrogens (tertiary/aromatic N) is 1. The molecule has 2 rings (SSSR count). The molecule has 0 unspecified atom stereocenters. The molecular weight excluding hydrogens is 323 g/mol. The van der Waals surface area contributed by atoms with Gasteiger partial charge in [0.05, 0.1) is 29.9 Å². The number of benzene rings is 2. The number of anilines is 1. The molecule has 0 aliphatic rings. The van der Waals surface area contributed by atoms with Crippen LogP contribution in [0.2, 0.25) is 0 Å². The fourth-order valence-electron chi connectivity index (χ4n) is 4.11. The number of hydrogen-bond donors (Lipinski definition) is 1. The largest absolute Gasteiger partial charge is 0.275 e. The first-order chi connectivity index (χ1) is 11.9. The summed E-state index contributed by atoms with van der Waals surface area (Å²) < 4.78 is 0. The molecule has 0 aliphatic carbocycles. The zero-order chi connectivity index (χ0) is 18.4. The summed E-state index contributed by atoms with van der Waals surface area (Å²) in [5.74, 6) is 0. The van der Waals surface area contributed by atoms with Crippen LogP contribution in [-0.2, 0) is 0 Å². The van der Waals surface area contributed by atoms with Crippen LogP contribution in [0.4, 0.5) is 5.69 Å². The Bertz CT molecular complexity index is 654. The Morgan fingerprint density at radius 3 is 1.60 bits per heavy atom. The average Bonchev–Trinajstić information content (AvgIpc) is 2.59. The zero-order valence-electron chi connectivity index (χ0n) is 16.4. The summed E-state index contributed by atoms with van der Waals surface area (Å²) in [4.78, 5) is 0. The van der Waals surface area contributed by atoms with Gasteiger partial charge < -0.3 is 0 Å². The quantitative estimate of drug-likeness (QED) is 0.333. The van der Waals surface area contributed by atoms with Crippen molar-refractivity contribution >= 4 is 18.4 Å². The second-order valence-electron chi connectivity index (χ2n) is 7.40. The van der Waals surface area contributed by atoms with Crippen LogP contribution in [-0.4, -0.2) is 22.4 Å². The van der Waals surface area contributed by atoms with E-state index in [4.69, 9.17) is 5.10 Å². The van der Waals surface area contributed by atoms with E-state index in [0.29, 0.717) is 17.0 Å². The molecule has 0 heterocycles. The molecule has 0 saturated heterocycles. The first kappa shape index (κ1) is 19.7. The monoisotopic (exact) mass is 355 g/mol. The molecule has 2 aromatic rings. The van der Waals surface area contributed by atoms with Gasteiger partial charge in [0.15, 0.2) is 0 Å². The highest BCUT2D eigenvalue weighted by atomic mass is 31.2. The van der Waals surface area contributed by atoms with E-state index in [2.05, 4.69) is 89.4 Å². The van der Waals surface area contributed by atoms with E-state index in [1.165, 1.54) is 11.0 Å². The molecule has 0 aromatic heterocycles. The minimum absolute atomic E-state index is 0.587. The van der Waals surface area contributed by atoms with Gasteiger partial charge in [0, 0.05) is 5.56 Å². The molecule has 0 aliphatic heterocycles. The maximum Gasteiger partial charge on any atom is 0.207 e. The van der Waals surface area contributed by atoms with Gasteiger partial charge in [-0.3, -0.25) is 5.43 Å². The highest BCUT2D eigenvalue weighted by Gasteiger charge is 2.53. The minimum atomic E-state index is -1.49. The van der Waals surface area contributed by atoms with Crippen molar-refractivity contribution in [3.05, 3.63) is 66.2 Å². The molecule has 2 nitrogen and oxygen atoms in total. The molecule has 0 bridgehead atoms. The summed E-state index contributed by atoms with van der Waals surface area (Å²) in [7, 11) is -1.49. The van der Waals surface area contributed by atoms with Gasteiger partial charge in [-0.1, -0.05) is 36.4 Å². The summed E-state index contributed by atoms with van der Waals surface area (Å²) in [6.45, 7) is 14.2. The maximum atomic E-state index is 5.02. The van der Waals surface area contributed by atoms with Crippen LogP contribution in [0.3, 0.4) is 0 Å². The second-order valence-corrected chi connectivity index (χ2v) is 12.6. The van der Waals surface area contributed by atoms with Crippen LogP contribution in [0.15, 0.2) is 65.8 Å². The Balaban J connectivity index is 2.60. The molecule has 3 heteroatoms. The van der Waals surface area contributed by atoms with E-state index in [1.807, 2.05) is 18.2 Å². The van der Waals surface area contributed by atoms with Crippen LogP contribution in [0, 0.1) is 0 Å². The molecule has 25 heavy (non-hydrogen) atoms. The number of nitrogens with one attached hydrogen (secondary N) is 1. The van der Waals surface area contributed by atoms with Gasteiger partial charge in [0.1, 0.15) is 0 Å².